The first-order valence-electron chi connectivity index (χ1n) is 5.38. The second kappa shape index (κ2) is 4.53. The molecule has 0 aliphatic rings. The Kier molecular flexibility index (Phi) is 2.35. The fourth-order valence-electron chi connectivity index (χ4n) is 0.960. The Morgan fingerprint density at radius 1 is 1.62 bits per heavy atom. The Bertz CT molecular complexity index is 392. The van der Waals surface area contributed by atoms with Crippen LogP contribution in [0.2, 0.25) is 0 Å². The molecule has 0 fully saturated rings. The molecule has 70 valence electrons. The van der Waals surface area contributed by atoms with Crippen LogP contribution < -0.4 is 5.32 Å². The van der Waals surface area contributed by atoms with Gasteiger partial charge in [0.15, 0.2) is 5.78 Å². The minimum absolute atomic E-state index is 0.247. The fraction of sp³-hybridized carbons (Fsp3) is 0.300. The average molecular weight is 245 g/mol. The predicted molar refractivity (Wildman–Crippen MR) is 57.0 cm³/mol. The first-order chi connectivity index (χ1) is 7.31. The van der Waals surface area contributed by atoms with Crippen LogP contribution in [0, 0.1) is 0 Å². The first-order valence-corrected chi connectivity index (χ1v) is 4.67. The Hall–Kier alpha value is -0.670. The van der Waals surface area contributed by atoms with Gasteiger partial charge in [0.25, 0.3) is 0 Å². The topological polar surface area (TPSA) is 29.1 Å². The first kappa shape index (κ1) is 6.74. The number of ketones is 1. The number of carbonyl (C=O) groups is 1. The van der Waals surface area contributed by atoms with Crippen LogP contribution in [0.15, 0.2) is 28.7 Å². The van der Waals surface area contributed by atoms with Crippen LogP contribution in [0.4, 0.5) is 0 Å². The predicted octanol–water partition coefficient (Wildman–Crippen LogP) is 2.24. The van der Waals surface area contributed by atoms with Crippen molar-refractivity contribution < 1.29 is 8.91 Å². The molecule has 1 N–H and O–H groups in total. The van der Waals surface area contributed by atoms with Crippen molar-refractivity contribution in [2.45, 2.75) is 13.0 Å². The maximum Gasteiger partial charge on any atom is 0.180 e. The Morgan fingerprint density at radius 3 is 2.92 bits per heavy atom. The summed E-state index contributed by atoms with van der Waals surface area (Å²) in [5.41, 5.74) is 0.478. The lowest BCUT2D eigenvalue weighted by Gasteiger charge is -2.09. The van der Waals surface area contributed by atoms with Gasteiger partial charge in [-0.1, -0.05) is 34.1 Å². The van der Waals surface area contributed by atoms with Gasteiger partial charge in [-0.15, -0.1) is 0 Å². The van der Waals surface area contributed by atoms with Crippen LogP contribution in [-0.4, -0.2) is 18.8 Å². The van der Waals surface area contributed by atoms with Crippen molar-refractivity contribution in [3.63, 3.8) is 0 Å². The van der Waals surface area contributed by atoms with Gasteiger partial charge in [0, 0.05) is 14.1 Å². The van der Waals surface area contributed by atoms with Crippen molar-refractivity contribution in [3.8, 4) is 0 Å². The van der Waals surface area contributed by atoms with Gasteiger partial charge in [0.1, 0.15) is 0 Å². The summed E-state index contributed by atoms with van der Waals surface area (Å²) in [6.07, 6.45) is 0. The molecule has 0 aromatic heterocycles. The molecular formula is C10H12BrNO. The number of halogens is 1. The van der Waals surface area contributed by atoms with Crippen molar-refractivity contribution in [2.75, 3.05) is 6.98 Å². The highest BCUT2D eigenvalue weighted by Gasteiger charge is 2.14. The SMILES string of the molecule is [2H]C([2H])([2H])NC(C)C(=O)c1ccccc1Br. The van der Waals surface area contributed by atoms with Crippen molar-refractivity contribution in [3.05, 3.63) is 34.3 Å². The van der Waals surface area contributed by atoms with Gasteiger partial charge < -0.3 is 5.32 Å². The largest absolute Gasteiger partial charge is 0.310 e. The molecule has 0 aliphatic carbocycles. The summed E-state index contributed by atoms with van der Waals surface area (Å²) in [5, 5.41) is 2.27. The summed E-state index contributed by atoms with van der Waals surface area (Å²) in [4.78, 5) is 11.9. The number of carbonyl (C=O) groups excluding carboxylic acids is 1. The van der Waals surface area contributed by atoms with Gasteiger partial charge in [-0.3, -0.25) is 4.79 Å². The molecule has 0 amide bonds. The van der Waals surface area contributed by atoms with Crippen molar-refractivity contribution in [1.29, 1.82) is 0 Å². The Balaban J connectivity index is 2.83. The van der Waals surface area contributed by atoms with Gasteiger partial charge in [-0.05, 0) is 20.0 Å². The van der Waals surface area contributed by atoms with E-state index in [4.69, 9.17) is 4.11 Å². The fourth-order valence-corrected chi connectivity index (χ4v) is 1.44. The summed E-state index contributed by atoms with van der Waals surface area (Å²) in [6, 6.07) is 6.19. The zero-order chi connectivity index (χ0) is 12.3. The Labute approximate surface area is 90.7 Å². The van der Waals surface area contributed by atoms with Crippen molar-refractivity contribution in [1.82, 2.24) is 5.32 Å². The molecule has 0 radical (unpaired) electrons. The monoisotopic (exact) mass is 244 g/mol. The van der Waals surface area contributed by atoms with Crippen LogP contribution in [0.3, 0.4) is 0 Å². The van der Waals surface area contributed by atoms with E-state index in [0.717, 1.165) is 0 Å². The molecule has 1 aromatic rings. The van der Waals surface area contributed by atoms with Crippen LogP contribution in [0.25, 0.3) is 0 Å². The zero-order valence-corrected chi connectivity index (χ0v) is 8.76. The van der Waals surface area contributed by atoms with Crippen molar-refractivity contribution >= 4 is 21.7 Å². The van der Waals surface area contributed by atoms with E-state index in [1.807, 2.05) is 0 Å². The molecule has 0 aliphatic heterocycles. The summed E-state index contributed by atoms with van der Waals surface area (Å²) in [6.45, 7) is -0.773. The zero-order valence-electron chi connectivity index (χ0n) is 10.2. The molecule has 0 saturated heterocycles. The summed E-state index contributed by atoms with van der Waals surface area (Å²) < 4.78 is 21.8. The molecule has 2 nitrogen and oxygen atoms in total. The maximum absolute atomic E-state index is 11.9. The van der Waals surface area contributed by atoms with E-state index < -0.39 is 13.0 Å². The van der Waals surface area contributed by atoms with E-state index in [-0.39, 0.29) is 5.78 Å². The molecule has 0 saturated carbocycles. The molecule has 1 aromatic carbocycles. The van der Waals surface area contributed by atoms with Crippen LogP contribution in [0.1, 0.15) is 21.4 Å². The van der Waals surface area contributed by atoms with E-state index in [2.05, 4.69) is 21.2 Å². The Morgan fingerprint density at radius 2 is 2.31 bits per heavy atom. The number of nitrogens with one attached hydrogen (secondary N) is 1. The molecule has 1 rings (SSSR count). The molecule has 1 unspecified atom stereocenters. The van der Waals surface area contributed by atoms with Crippen LogP contribution in [-0.2, 0) is 0 Å². The minimum atomic E-state index is -2.31. The second-order valence-electron chi connectivity index (χ2n) is 2.71. The number of Topliss-reactive ketones (excluding diaryl/α,β-unsaturated/α-hetero) is 1. The van der Waals surface area contributed by atoms with E-state index in [9.17, 15) is 4.79 Å². The van der Waals surface area contributed by atoms with Gasteiger partial charge in [-0.2, -0.15) is 0 Å². The third-order valence-corrected chi connectivity index (χ3v) is 2.44. The third kappa shape index (κ3) is 2.39. The van der Waals surface area contributed by atoms with E-state index in [1.54, 1.807) is 24.3 Å². The number of hydrogen-bond acceptors (Lipinski definition) is 2. The van der Waals surface area contributed by atoms with E-state index in [1.165, 1.54) is 6.92 Å². The molecule has 0 bridgehead atoms. The van der Waals surface area contributed by atoms with Gasteiger partial charge >= 0.3 is 0 Å². The lowest BCUT2D eigenvalue weighted by atomic mass is 10.1. The second-order valence-corrected chi connectivity index (χ2v) is 3.56. The lowest BCUT2D eigenvalue weighted by molar-refractivity contribution is 0.0954. The van der Waals surface area contributed by atoms with Gasteiger partial charge in [0.2, 0.25) is 0 Å². The van der Waals surface area contributed by atoms with Crippen LogP contribution in [0.5, 0.6) is 0 Å². The minimum Gasteiger partial charge on any atom is -0.310 e. The number of hydrogen-bond donors (Lipinski definition) is 1. The number of benzene rings is 1. The molecule has 1 atom stereocenters. The summed E-state index contributed by atoms with van der Waals surface area (Å²) in [5.74, 6) is -0.247. The normalized spacial score (nSPS) is 16.9. The molecule has 0 spiro atoms. The van der Waals surface area contributed by atoms with Gasteiger partial charge in [-0.25, -0.2) is 0 Å². The van der Waals surface area contributed by atoms with Crippen LogP contribution >= 0.6 is 15.9 Å². The third-order valence-electron chi connectivity index (χ3n) is 1.75. The van der Waals surface area contributed by atoms with Crippen molar-refractivity contribution in [2.24, 2.45) is 0 Å². The maximum atomic E-state index is 11.9. The number of rotatable bonds is 3. The van der Waals surface area contributed by atoms with E-state index >= 15 is 0 Å². The molecule has 0 heterocycles. The average Bonchev–Trinajstić information content (AvgIpc) is 2.15. The standard InChI is InChI=1S/C10H12BrNO/c1-7(12-2)10(13)8-5-3-4-6-9(8)11/h3-7,12H,1-2H3/i2D3. The molecule has 13 heavy (non-hydrogen) atoms. The number of likely N-dealkylation sites (N-methyl/N-ethyl adjacent to an activating group) is 1. The molecule has 3 heteroatoms. The lowest BCUT2D eigenvalue weighted by Crippen LogP contribution is -2.30. The molecular weight excluding hydrogens is 230 g/mol. The smallest absolute Gasteiger partial charge is 0.180 e. The highest BCUT2D eigenvalue weighted by atomic mass is 79.9. The van der Waals surface area contributed by atoms with Gasteiger partial charge in [0.05, 0.1) is 6.04 Å². The summed E-state index contributed by atoms with van der Waals surface area (Å²) in [7, 11) is 0. The van der Waals surface area contributed by atoms with E-state index in [0.29, 0.717) is 10.0 Å². The quantitative estimate of drug-likeness (QED) is 0.827. The highest BCUT2D eigenvalue weighted by molar-refractivity contribution is 9.10. The highest BCUT2D eigenvalue weighted by Crippen LogP contribution is 2.17. The summed E-state index contributed by atoms with van der Waals surface area (Å²) >= 11 is 3.26.